The van der Waals surface area contributed by atoms with Crippen molar-refractivity contribution in [3.63, 3.8) is 0 Å². The third-order valence-electron chi connectivity index (χ3n) is 5.24. The SMILES string of the molecule is Cc1nn(-c2ccc(Cl)cc2)c(C)c1CC(=O)NC(C)CN1CCCCC1. The molecule has 1 atom stereocenters. The molecule has 1 fully saturated rings. The second-order valence-electron chi connectivity index (χ2n) is 7.54. The summed E-state index contributed by atoms with van der Waals surface area (Å²) in [6.07, 6.45) is 4.22. The molecule has 5 nitrogen and oxygen atoms in total. The maximum Gasteiger partial charge on any atom is 0.224 e. The minimum Gasteiger partial charge on any atom is -0.352 e. The van der Waals surface area contributed by atoms with Gasteiger partial charge in [0.15, 0.2) is 0 Å². The van der Waals surface area contributed by atoms with E-state index in [1.54, 1.807) is 0 Å². The van der Waals surface area contributed by atoms with E-state index in [0.717, 1.165) is 42.3 Å². The van der Waals surface area contributed by atoms with Crippen LogP contribution in [0.5, 0.6) is 0 Å². The van der Waals surface area contributed by atoms with Crippen molar-refractivity contribution in [1.29, 1.82) is 0 Å². The Morgan fingerprint density at radius 1 is 1.19 bits per heavy atom. The number of benzene rings is 1. The monoisotopic (exact) mass is 388 g/mol. The number of piperidine rings is 1. The molecule has 1 unspecified atom stereocenters. The van der Waals surface area contributed by atoms with Crippen molar-refractivity contribution in [2.45, 2.75) is 52.5 Å². The summed E-state index contributed by atoms with van der Waals surface area (Å²) in [6, 6.07) is 7.73. The van der Waals surface area contributed by atoms with Gasteiger partial charge in [-0.2, -0.15) is 5.10 Å². The van der Waals surface area contributed by atoms with Crippen LogP contribution in [0, 0.1) is 13.8 Å². The Kier molecular flexibility index (Phi) is 6.55. The van der Waals surface area contributed by atoms with Gasteiger partial charge in [-0.15, -0.1) is 0 Å². The first-order valence-electron chi connectivity index (χ1n) is 9.77. The minimum absolute atomic E-state index is 0.0568. The predicted molar refractivity (Wildman–Crippen MR) is 110 cm³/mol. The number of aromatic nitrogens is 2. The number of halogens is 1. The van der Waals surface area contributed by atoms with E-state index in [0.29, 0.717) is 11.4 Å². The molecule has 1 amide bonds. The topological polar surface area (TPSA) is 50.2 Å². The van der Waals surface area contributed by atoms with Crippen LogP contribution in [0.15, 0.2) is 24.3 Å². The van der Waals surface area contributed by atoms with Crippen molar-refractivity contribution in [3.8, 4) is 5.69 Å². The number of nitrogens with one attached hydrogen (secondary N) is 1. The molecule has 1 saturated heterocycles. The van der Waals surface area contributed by atoms with Crippen LogP contribution < -0.4 is 5.32 Å². The highest BCUT2D eigenvalue weighted by Gasteiger charge is 2.19. The van der Waals surface area contributed by atoms with Crippen LogP contribution in [-0.2, 0) is 11.2 Å². The largest absolute Gasteiger partial charge is 0.352 e. The van der Waals surface area contributed by atoms with Crippen LogP contribution in [0.2, 0.25) is 5.02 Å². The molecule has 1 N–H and O–H groups in total. The van der Waals surface area contributed by atoms with E-state index in [1.807, 2.05) is 42.8 Å². The first kappa shape index (κ1) is 19.9. The molecule has 0 bridgehead atoms. The highest BCUT2D eigenvalue weighted by atomic mass is 35.5. The summed E-state index contributed by atoms with van der Waals surface area (Å²) in [5, 5.41) is 8.47. The standard InChI is InChI=1S/C21H29ClN4O/c1-15(14-25-11-5-4-6-12-25)23-21(27)13-20-16(2)24-26(17(20)3)19-9-7-18(22)8-10-19/h7-10,15H,4-6,11-14H2,1-3H3,(H,23,27). The van der Waals surface area contributed by atoms with E-state index in [1.165, 1.54) is 19.3 Å². The van der Waals surface area contributed by atoms with Crippen molar-refractivity contribution in [2.24, 2.45) is 0 Å². The van der Waals surface area contributed by atoms with Gasteiger partial charge in [0.1, 0.15) is 0 Å². The van der Waals surface area contributed by atoms with E-state index in [-0.39, 0.29) is 11.9 Å². The molecule has 0 radical (unpaired) electrons. The maximum absolute atomic E-state index is 12.6. The summed E-state index contributed by atoms with van der Waals surface area (Å²) in [4.78, 5) is 15.0. The number of amides is 1. The number of rotatable bonds is 6. The molecule has 1 aliphatic heterocycles. The molecule has 0 saturated carbocycles. The average Bonchev–Trinajstić information content (AvgIpc) is 2.91. The number of carbonyl (C=O) groups excluding carboxylic acids is 1. The van der Waals surface area contributed by atoms with Gasteiger partial charge in [-0.05, 0) is 71.0 Å². The maximum atomic E-state index is 12.6. The van der Waals surface area contributed by atoms with Crippen molar-refractivity contribution < 1.29 is 4.79 Å². The van der Waals surface area contributed by atoms with E-state index < -0.39 is 0 Å². The molecule has 1 aliphatic rings. The summed E-state index contributed by atoms with van der Waals surface area (Å²) in [5.41, 5.74) is 3.83. The molecule has 27 heavy (non-hydrogen) atoms. The van der Waals surface area contributed by atoms with E-state index in [9.17, 15) is 4.79 Å². The van der Waals surface area contributed by atoms with Crippen LogP contribution in [0.25, 0.3) is 5.69 Å². The van der Waals surface area contributed by atoms with Crippen LogP contribution in [0.1, 0.15) is 43.1 Å². The van der Waals surface area contributed by atoms with Gasteiger partial charge in [0.2, 0.25) is 5.91 Å². The molecule has 2 aromatic rings. The summed E-state index contributed by atoms with van der Waals surface area (Å²) in [7, 11) is 0. The molecule has 2 heterocycles. The first-order valence-corrected chi connectivity index (χ1v) is 10.1. The molecule has 0 aliphatic carbocycles. The second kappa shape index (κ2) is 8.89. The number of carbonyl (C=O) groups is 1. The highest BCUT2D eigenvalue weighted by molar-refractivity contribution is 6.30. The molecule has 1 aromatic heterocycles. The normalized spacial score (nSPS) is 16.3. The first-order chi connectivity index (χ1) is 12.9. The Hall–Kier alpha value is -1.85. The third kappa shape index (κ3) is 5.11. The van der Waals surface area contributed by atoms with Crippen LogP contribution in [0.3, 0.4) is 0 Å². The number of aryl methyl sites for hydroxylation is 1. The summed E-state index contributed by atoms with van der Waals surface area (Å²) in [6.45, 7) is 9.27. The lowest BCUT2D eigenvalue weighted by Gasteiger charge is -2.29. The highest BCUT2D eigenvalue weighted by Crippen LogP contribution is 2.20. The van der Waals surface area contributed by atoms with Gasteiger partial charge in [0.05, 0.1) is 17.8 Å². The number of hydrogen-bond donors (Lipinski definition) is 1. The molecule has 1 aromatic carbocycles. The lowest BCUT2D eigenvalue weighted by Crippen LogP contribution is -2.44. The Balaban J connectivity index is 1.62. The molecule has 0 spiro atoms. The Morgan fingerprint density at radius 2 is 1.85 bits per heavy atom. The fraction of sp³-hybridized carbons (Fsp3) is 0.524. The van der Waals surface area contributed by atoms with Gasteiger partial charge in [-0.1, -0.05) is 18.0 Å². The summed E-state index contributed by atoms with van der Waals surface area (Å²) >= 11 is 5.98. The summed E-state index contributed by atoms with van der Waals surface area (Å²) in [5.74, 6) is 0.0568. The van der Waals surface area contributed by atoms with Crippen LogP contribution >= 0.6 is 11.6 Å². The van der Waals surface area contributed by atoms with E-state index >= 15 is 0 Å². The predicted octanol–water partition coefficient (Wildman–Crippen LogP) is 3.68. The Labute approximate surface area is 166 Å². The van der Waals surface area contributed by atoms with E-state index in [4.69, 9.17) is 11.6 Å². The minimum atomic E-state index is 0.0568. The Bertz CT molecular complexity index is 778. The van der Waals surface area contributed by atoms with Gasteiger partial charge >= 0.3 is 0 Å². The van der Waals surface area contributed by atoms with Crippen molar-refractivity contribution >= 4 is 17.5 Å². The molecule has 3 rings (SSSR count). The summed E-state index contributed by atoms with van der Waals surface area (Å²) < 4.78 is 1.88. The zero-order chi connectivity index (χ0) is 19.4. The average molecular weight is 389 g/mol. The quantitative estimate of drug-likeness (QED) is 0.821. The number of nitrogens with zero attached hydrogens (tertiary/aromatic N) is 3. The van der Waals surface area contributed by atoms with Crippen LogP contribution in [-0.4, -0.2) is 46.3 Å². The molecular weight excluding hydrogens is 360 g/mol. The molecular formula is C21H29ClN4O. The fourth-order valence-electron chi connectivity index (χ4n) is 3.83. The lowest BCUT2D eigenvalue weighted by molar-refractivity contribution is -0.121. The van der Waals surface area contributed by atoms with Crippen molar-refractivity contribution in [2.75, 3.05) is 19.6 Å². The number of hydrogen-bond acceptors (Lipinski definition) is 3. The third-order valence-corrected chi connectivity index (χ3v) is 5.49. The zero-order valence-corrected chi connectivity index (χ0v) is 17.2. The van der Waals surface area contributed by atoms with E-state index in [2.05, 4.69) is 22.2 Å². The van der Waals surface area contributed by atoms with Crippen molar-refractivity contribution in [1.82, 2.24) is 20.0 Å². The molecule has 6 heteroatoms. The van der Waals surface area contributed by atoms with Gasteiger partial charge in [-0.3, -0.25) is 4.79 Å². The number of likely N-dealkylation sites (tertiary alicyclic amines) is 1. The van der Waals surface area contributed by atoms with Crippen LogP contribution in [0.4, 0.5) is 0 Å². The smallest absolute Gasteiger partial charge is 0.224 e. The second-order valence-corrected chi connectivity index (χ2v) is 7.98. The zero-order valence-electron chi connectivity index (χ0n) is 16.5. The Morgan fingerprint density at radius 3 is 2.52 bits per heavy atom. The lowest BCUT2D eigenvalue weighted by atomic mass is 10.1. The van der Waals surface area contributed by atoms with Gasteiger partial charge in [-0.25, -0.2) is 4.68 Å². The van der Waals surface area contributed by atoms with Gasteiger partial charge in [0.25, 0.3) is 0 Å². The van der Waals surface area contributed by atoms with Crippen molar-refractivity contribution in [3.05, 3.63) is 46.2 Å². The molecule has 146 valence electrons. The fourth-order valence-corrected chi connectivity index (χ4v) is 3.95. The van der Waals surface area contributed by atoms with Gasteiger partial charge in [0, 0.05) is 28.9 Å². The van der Waals surface area contributed by atoms with Gasteiger partial charge < -0.3 is 10.2 Å².